The van der Waals surface area contributed by atoms with Gasteiger partial charge in [-0.25, -0.2) is 0 Å². The fourth-order valence-corrected chi connectivity index (χ4v) is 2.08. The Bertz CT molecular complexity index is 612. The number of aryl methyl sites for hydroxylation is 3. The molecule has 0 fully saturated rings. The van der Waals surface area contributed by atoms with E-state index < -0.39 is 0 Å². The minimum absolute atomic E-state index is 0.0983. The van der Waals surface area contributed by atoms with Crippen molar-refractivity contribution in [1.29, 1.82) is 0 Å². The lowest BCUT2D eigenvalue weighted by Crippen LogP contribution is -2.15. The van der Waals surface area contributed by atoms with Crippen molar-refractivity contribution in [3.63, 3.8) is 0 Å². The molecule has 0 aliphatic rings. The molecule has 0 aliphatic carbocycles. The lowest BCUT2D eigenvalue weighted by atomic mass is 10.0. The van der Waals surface area contributed by atoms with Crippen molar-refractivity contribution >= 4 is 17.3 Å². The summed E-state index contributed by atoms with van der Waals surface area (Å²) in [5.41, 5.74) is 10.9. The molecule has 2 aromatic carbocycles. The van der Waals surface area contributed by atoms with E-state index in [1.807, 2.05) is 51.1 Å². The molecule has 0 spiro atoms. The van der Waals surface area contributed by atoms with Crippen LogP contribution in [0.5, 0.6) is 0 Å². The number of amides is 1. The third-order valence-electron chi connectivity index (χ3n) is 3.25. The maximum atomic E-state index is 12.3. The minimum atomic E-state index is -0.0983. The Kier molecular flexibility index (Phi) is 3.56. The first kappa shape index (κ1) is 13.1. The number of carbonyl (C=O) groups excluding carboxylic acids is 1. The van der Waals surface area contributed by atoms with Crippen molar-refractivity contribution in [3.8, 4) is 0 Å². The first-order valence-electron chi connectivity index (χ1n) is 6.22. The van der Waals surface area contributed by atoms with Crippen LogP contribution in [0.1, 0.15) is 27.0 Å². The molecule has 1 amide bonds. The summed E-state index contributed by atoms with van der Waals surface area (Å²) in [5, 5.41) is 2.89. The van der Waals surface area contributed by atoms with Gasteiger partial charge in [-0.2, -0.15) is 0 Å². The summed E-state index contributed by atoms with van der Waals surface area (Å²) in [6.07, 6.45) is 0. The smallest absolute Gasteiger partial charge is 0.256 e. The highest BCUT2D eigenvalue weighted by Crippen LogP contribution is 2.19. The molecule has 2 rings (SSSR count). The van der Waals surface area contributed by atoms with Crippen molar-refractivity contribution in [3.05, 3.63) is 58.7 Å². The van der Waals surface area contributed by atoms with Gasteiger partial charge < -0.3 is 11.1 Å². The van der Waals surface area contributed by atoms with E-state index in [0.717, 1.165) is 27.9 Å². The maximum absolute atomic E-state index is 12.3. The molecule has 0 bridgehead atoms. The van der Waals surface area contributed by atoms with Crippen LogP contribution in [0.25, 0.3) is 0 Å². The van der Waals surface area contributed by atoms with Gasteiger partial charge in [0.15, 0.2) is 0 Å². The summed E-state index contributed by atoms with van der Waals surface area (Å²) in [7, 11) is 0. The number of nitrogens with one attached hydrogen (secondary N) is 1. The summed E-state index contributed by atoms with van der Waals surface area (Å²) < 4.78 is 0. The van der Waals surface area contributed by atoms with E-state index in [0.29, 0.717) is 5.69 Å². The molecule has 0 saturated carbocycles. The number of hydrogen-bond donors (Lipinski definition) is 2. The van der Waals surface area contributed by atoms with Crippen molar-refractivity contribution in [2.45, 2.75) is 20.8 Å². The highest BCUT2D eigenvalue weighted by Gasteiger charge is 2.12. The summed E-state index contributed by atoms with van der Waals surface area (Å²) >= 11 is 0. The Labute approximate surface area is 113 Å². The van der Waals surface area contributed by atoms with E-state index >= 15 is 0 Å². The van der Waals surface area contributed by atoms with E-state index in [9.17, 15) is 4.79 Å². The van der Waals surface area contributed by atoms with Gasteiger partial charge in [0.25, 0.3) is 5.91 Å². The first-order chi connectivity index (χ1) is 8.99. The van der Waals surface area contributed by atoms with Gasteiger partial charge in [0, 0.05) is 16.9 Å². The van der Waals surface area contributed by atoms with Gasteiger partial charge in [-0.1, -0.05) is 24.3 Å². The Morgan fingerprint density at radius 1 is 1.00 bits per heavy atom. The van der Waals surface area contributed by atoms with E-state index in [-0.39, 0.29) is 5.91 Å². The first-order valence-corrected chi connectivity index (χ1v) is 6.22. The van der Waals surface area contributed by atoms with Crippen LogP contribution in [0.3, 0.4) is 0 Å². The van der Waals surface area contributed by atoms with Gasteiger partial charge in [0.2, 0.25) is 0 Å². The number of nitrogens with two attached hydrogens (primary N) is 1. The van der Waals surface area contributed by atoms with Crippen LogP contribution >= 0.6 is 0 Å². The Morgan fingerprint density at radius 2 is 1.63 bits per heavy atom. The van der Waals surface area contributed by atoms with Crippen LogP contribution in [-0.4, -0.2) is 5.91 Å². The Hall–Kier alpha value is -2.29. The molecule has 19 heavy (non-hydrogen) atoms. The summed E-state index contributed by atoms with van der Waals surface area (Å²) in [6.45, 7) is 5.81. The van der Waals surface area contributed by atoms with Crippen LogP contribution < -0.4 is 11.1 Å². The molecule has 0 saturated heterocycles. The molecule has 3 N–H and O–H groups in total. The van der Waals surface area contributed by atoms with E-state index in [1.54, 1.807) is 6.07 Å². The average Bonchev–Trinajstić information content (AvgIpc) is 2.33. The second-order valence-corrected chi connectivity index (χ2v) is 4.79. The molecule has 0 heterocycles. The molecule has 0 aromatic heterocycles. The van der Waals surface area contributed by atoms with Gasteiger partial charge in [0.05, 0.1) is 0 Å². The van der Waals surface area contributed by atoms with Crippen molar-refractivity contribution in [2.24, 2.45) is 0 Å². The number of nitrogen functional groups attached to an aromatic ring is 1. The number of carbonyl (C=O) groups is 1. The van der Waals surface area contributed by atoms with Crippen molar-refractivity contribution in [2.75, 3.05) is 11.1 Å². The monoisotopic (exact) mass is 254 g/mol. The highest BCUT2D eigenvalue weighted by molar-refractivity contribution is 6.06. The third kappa shape index (κ3) is 2.76. The topological polar surface area (TPSA) is 55.1 Å². The van der Waals surface area contributed by atoms with Gasteiger partial charge in [0.1, 0.15) is 0 Å². The van der Waals surface area contributed by atoms with E-state index in [2.05, 4.69) is 5.32 Å². The zero-order valence-electron chi connectivity index (χ0n) is 11.4. The predicted octanol–water partition coefficient (Wildman–Crippen LogP) is 3.45. The molecule has 3 nitrogen and oxygen atoms in total. The highest BCUT2D eigenvalue weighted by atomic mass is 16.1. The number of rotatable bonds is 2. The SMILES string of the molecule is Cc1ccc(NC(=O)c2c(C)cccc2C)cc1N. The Balaban J connectivity index is 2.28. The van der Waals surface area contributed by atoms with Gasteiger partial charge in [-0.05, 0) is 49.6 Å². The quantitative estimate of drug-likeness (QED) is 0.806. The van der Waals surface area contributed by atoms with Crippen LogP contribution in [0, 0.1) is 20.8 Å². The van der Waals surface area contributed by atoms with Crippen LogP contribution in [-0.2, 0) is 0 Å². The molecular weight excluding hydrogens is 236 g/mol. The maximum Gasteiger partial charge on any atom is 0.256 e. The number of benzene rings is 2. The summed E-state index contributed by atoms with van der Waals surface area (Å²) in [5.74, 6) is -0.0983. The normalized spacial score (nSPS) is 10.3. The molecule has 0 radical (unpaired) electrons. The fraction of sp³-hybridized carbons (Fsp3) is 0.188. The summed E-state index contributed by atoms with van der Waals surface area (Å²) in [6, 6.07) is 11.4. The summed E-state index contributed by atoms with van der Waals surface area (Å²) in [4.78, 5) is 12.3. The zero-order valence-corrected chi connectivity index (χ0v) is 11.4. The Morgan fingerprint density at radius 3 is 2.21 bits per heavy atom. The number of anilines is 2. The average molecular weight is 254 g/mol. The molecule has 3 heteroatoms. The lowest BCUT2D eigenvalue weighted by Gasteiger charge is -2.11. The second kappa shape index (κ2) is 5.14. The standard InChI is InChI=1S/C16H18N2O/c1-10-7-8-13(9-14(10)17)18-16(19)15-11(2)5-4-6-12(15)3/h4-9H,17H2,1-3H3,(H,18,19). The van der Waals surface area contributed by atoms with Crippen LogP contribution in [0.15, 0.2) is 36.4 Å². The largest absolute Gasteiger partial charge is 0.398 e. The van der Waals surface area contributed by atoms with E-state index in [4.69, 9.17) is 5.73 Å². The fourth-order valence-electron chi connectivity index (χ4n) is 2.08. The minimum Gasteiger partial charge on any atom is -0.398 e. The molecule has 0 unspecified atom stereocenters. The molecule has 2 aromatic rings. The molecule has 98 valence electrons. The zero-order chi connectivity index (χ0) is 14.0. The molecule has 0 aliphatic heterocycles. The third-order valence-corrected chi connectivity index (χ3v) is 3.25. The van der Waals surface area contributed by atoms with Crippen LogP contribution in [0.4, 0.5) is 11.4 Å². The van der Waals surface area contributed by atoms with Gasteiger partial charge in [-0.15, -0.1) is 0 Å². The predicted molar refractivity (Wildman–Crippen MR) is 79.5 cm³/mol. The van der Waals surface area contributed by atoms with Crippen molar-refractivity contribution < 1.29 is 4.79 Å². The lowest BCUT2D eigenvalue weighted by molar-refractivity contribution is 0.102. The molecule has 0 atom stereocenters. The van der Waals surface area contributed by atoms with Gasteiger partial charge >= 0.3 is 0 Å². The number of hydrogen-bond acceptors (Lipinski definition) is 2. The van der Waals surface area contributed by atoms with E-state index in [1.165, 1.54) is 0 Å². The second-order valence-electron chi connectivity index (χ2n) is 4.79. The van der Waals surface area contributed by atoms with Crippen molar-refractivity contribution in [1.82, 2.24) is 0 Å². The van der Waals surface area contributed by atoms with Gasteiger partial charge in [-0.3, -0.25) is 4.79 Å². The van der Waals surface area contributed by atoms with Crippen LogP contribution in [0.2, 0.25) is 0 Å². The molecular formula is C16H18N2O.